The van der Waals surface area contributed by atoms with E-state index >= 15 is 0 Å². The van der Waals surface area contributed by atoms with E-state index in [2.05, 4.69) is 58.3 Å². The second kappa shape index (κ2) is 5.05. The Morgan fingerprint density at radius 2 is 1.94 bits per heavy atom. The van der Waals surface area contributed by atoms with Gasteiger partial charge in [0.15, 0.2) is 0 Å². The van der Waals surface area contributed by atoms with Gasteiger partial charge < -0.3 is 5.32 Å². The molecule has 0 bridgehead atoms. The maximum absolute atomic E-state index is 3.56. The van der Waals surface area contributed by atoms with Gasteiger partial charge in [-0.05, 0) is 54.3 Å². The molecule has 1 aromatic carbocycles. The smallest absolute Gasteiger partial charge is 0.0354 e. The second-order valence-electron chi connectivity index (χ2n) is 6.31. The first kappa shape index (κ1) is 13.6. The Morgan fingerprint density at radius 3 is 2.39 bits per heavy atom. The van der Waals surface area contributed by atoms with Gasteiger partial charge in [0.05, 0.1) is 0 Å². The SMILES string of the molecule is CCc1ccc(CC)c(C(NC)C2CC2(C)C)c1. The van der Waals surface area contributed by atoms with Crippen LogP contribution < -0.4 is 5.32 Å². The van der Waals surface area contributed by atoms with Crippen molar-refractivity contribution in [1.82, 2.24) is 5.32 Å². The average Bonchev–Trinajstić information content (AvgIpc) is 2.99. The summed E-state index contributed by atoms with van der Waals surface area (Å²) in [5.41, 5.74) is 5.02. The predicted octanol–water partition coefficient (Wildman–Crippen LogP) is 4.12. The quantitative estimate of drug-likeness (QED) is 0.823. The molecule has 1 fully saturated rings. The van der Waals surface area contributed by atoms with Crippen LogP contribution in [0.1, 0.15) is 56.8 Å². The molecule has 2 atom stereocenters. The van der Waals surface area contributed by atoms with Crippen molar-refractivity contribution in [2.24, 2.45) is 11.3 Å². The van der Waals surface area contributed by atoms with Crippen LogP contribution in [0.15, 0.2) is 18.2 Å². The van der Waals surface area contributed by atoms with Crippen LogP contribution in [0.5, 0.6) is 0 Å². The minimum atomic E-state index is 0.515. The van der Waals surface area contributed by atoms with Crippen molar-refractivity contribution in [2.45, 2.75) is 53.0 Å². The Kier molecular flexibility index (Phi) is 3.82. The van der Waals surface area contributed by atoms with Gasteiger partial charge in [-0.25, -0.2) is 0 Å². The maximum atomic E-state index is 3.56. The highest BCUT2D eigenvalue weighted by molar-refractivity contribution is 5.36. The molecule has 1 saturated carbocycles. The Bertz CT molecular complexity index is 420. The van der Waals surface area contributed by atoms with Crippen molar-refractivity contribution in [3.8, 4) is 0 Å². The van der Waals surface area contributed by atoms with E-state index in [9.17, 15) is 0 Å². The summed E-state index contributed by atoms with van der Waals surface area (Å²) in [7, 11) is 2.11. The highest BCUT2D eigenvalue weighted by atomic mass is 14.9. The number of hydrogen-bond acceptors (Lipinski definition) is 1. The Balaban J connectivity index is 2.34. The van der Waals surface area contributed by atoms with Crippen LogP contribution in [0.3, 0.4) is 0 Å². The number of nitrogens with one attached hydrogen (secondary N) is 1. The lowest BCUT2D eigenvalue weighted by Crippen LogP contribution is -2.22. The van der Waals surface area contributed by atoms with Crippen molar-refractivity contribution in [1.29, 1.82) is 0 Å². The number of hydrogen-bond donors (Lipinski definition) is 1. The number of aryl methyl sites for hydroxylation is 2. The van der Waals surface area contributed by atoms with Crippen molar-refractivity contribution in [3.63, 3.8) is 0 Å². The number of benzene rings is 1. The summed E-state index contributed by atoms with van der Waals surface area (Å²) in [6.45, 7) is 9.27. The third-order valence-corrected chi connectivity index (χ3v) is 4.64. The van der Waals surface area contributed by atoms with Crippen LogP contribution >= 0.6 is 0 Å². The first-order chi connectivity index (χ1) is 8.53. The molecule has 0 spiro atoms. The van der Waals surface area contributed by atoms with Crippen molar-refractivity contribution >= 4 is 0 Å². The summed E-state index contributed by atoms with van der Waals surface area (Å²) < 4.78 is 0. The predicted molar refractivity (Wildman–Crippen MR) is 78.9 cm³/mol. The van der Waals surface area contributed by atoms with Crippen LogP contribution in [0.2, 0.25) is 0 Å². The van der Waals surface area contributed by atoms with Gasteiger partial charge in [-0.15, -0.1) is 0 Å². The van der Waals surface area contributed by atoms with Gasteiger partial charge in [-0.3, -0.25) is 0 Å². The molecule has 18 heavy (non-hydrogen) atoms. The van der Waals surface area contributed by atoms with E-state index in [-0.39, 0.29) is 0 Å². The first-order valence-electron chi connectivity index (χ1n) is 7.32. The fraction of sp³-hybridized carbons (Fsp3) is 0.647. The molecule has 1 aliphatic rings. The minimum absolute atomic E-state index is 0.515. The zero-order chi connectivity index (χ0) is 13.3. The summed E-state index contributed by atoms with van der Waals surface area (Å²) in [6.07, 6.45) is 3.60. The third-order valence-electron chi connectivity index (χ3n) is 4.64. The van der Waals surface area contributed by atoms with Crippen LogP contribution in [0.4, 0.5) is 0 Å². The normalized spacial score (nSPS) is 22.8. The molecule has 0 amide bonds. The maximum Gasteiger partial charge on any atom is 0.0354 e. The van der Waals surface area contributed by atoms with Crippen molar-refractivity contribution in [3.05, 3.63) is 34.9 Å². The van der Waals surface area contributed by atoms with Gasteiger partial charge in [-0.2, -0.15) is 0 Å². The van der Waals surface area contributed by atoms with E-state index in [0.717, 1.165) is 18.8 Å². The third kappa shape index (κ3) is 2.47. The topological polar surface area (TPSA) is 12.0 Å². The molecule has 2 unspecified atom stereocenters. The largest absolute Gasteiger partial charge is 0.313 e. The van der Waals surface area contributed by atoms with Gasteiger partial charge in [0.1, 0.15) is 0 Å². The molecular weight excluding hydrogens is 218 g/mol. The van der Waals surface area contributed by atoms with Crippen molar-refractivity contribution in [2.75, 3.05) is 7.05 Å². The highest BCUT2D eigenvalue weighted by Gasteiger charge is 2.50. The molecule has 1 N–H and O–H groups in total. The first-order valence-corrected chi connectivity index (χ1v) is 7.32. The minimum Gasteiger partial charge on any atom is -0.313 e. The molecule has 1 heteroatoms. The fourth-order valence-electron chi connectivity index (χ4n) is 3.13. The lowest BCUT2D eigenvalue weighted by molar-refractivity contribution is 0.438. The summed E-state index contributed by atoms with van der Waals surface area (Å²) in [4.78, 5) is 0. The lowest BCUT2D eigenvalue weighted by Gasteiger charge is -2.22. The molecule has 2 rings (SSSR count). The molecule has 1 nitrogen and oxygen atoms in total. The van der Waals surface area contributed by atoms with Gasteiger partial charge in [0.25, 0.3) is 0 Å². The molecule has 0 aromatic heterocycles. The van der Waals surface area contributed by atoms with E-state index in [1.165, 1.54) is 23.1 Å². The van der Waals surface area contributed by atoms with Gasteiger partial charge in [-0.1, -0.05) is 45.9 Å². The summed E-state index contributed by atoms with van der Waals surface area (Å²) in [6, 6.07) is 7.57. The lowest BCUT2D eigenvalue weighted by atomic mass is 9.90. The van der Waals surface area contributed by atoms with E-state index in [0.29, 0.717) is 11.5 Å². The van der Waals surface area contributed by atoms with Crippen molar-refractivity contribution < 1.29 is 0 Å². The van der Waals surface area contributed by atoms with Gasteiger partial charge >= 0.3 is 0 Å². The van der Waals surface area contributed by atoms with Crippen LogP contribution in [0, 0.1) is 11.3 Å². The molecule has 1 aliphatic carbocycles. The highest BCUT2D eigenvalue weighted by Crippen LogP contribution is 2.58. The fourth-order valence-corrected chi connectivity index (χ4v) is 3.13. The standard InChI is InChI=1S/C17H27N/c1-6-12-8-9-13(7-2)14(10-12)16(18-5)15-11-17(15,3)4/h8-10,15-16,18H,6-7,11H2,1-5H3. The zero-order valence-corrected chi connectivity index (χ0v) is 12.5. The van der Waals surface area contributed by atoms with E-state index in [1.807, 2.05) is 0 Å². The monoisotopic (exact) mass is 245 g/mol. The summed E-state index contributed by atoms with van der Waals surface area (Å²) >= 11 is 0. The summed E-state index contributed by atoms with van der Waals surface area (Å²) in [5, 5.41) is 3.56. The van der Waals surface area contributed by atoms with Gasteiger partial charge in [0.2, 0.25) is 0 Å². The summed E-state index contributed by atoms with van der Waals surface area (Å²) in [5.74, 6) is 0.792. The van der Waals surface area contributed by atoms with Crippen LogP contribution in [0.25, 0.3) is 0 Å². The van der Waals surface area contributed by atoms with E-state index in [1.54, 1.807) is 0 Å². The molecule has 0 saturated heterocycles. The van der Waals surface area contributed by atoms with Crippen LogP contribution in [-0.2, 0) is 12.8 Å². The zero-order valence-electron chi connectivity index (χ0n) is 12.5. The Labute approximate surface area is 112 Å². The molecule has 100 valence electrons. The molecule has 0 aliphatic heterocycles. The number of rotatable bonds is 5. The molecule has 0 radical (unpaired) electrons. The molecule has 0 heterocycles. The van der Waals surface area contributed by atoms with E-state index in [4.69, 9.17) is 0 Å². The molecule has 1 aromatic rings. The second-order valence-corrected chi connectivity index (χ2v) is 6.31. The average molecular weight is 245 g/mol. The van der Waals surface area contributed by atoms with Gasteiger partial charge in [0, 0.05) is 6.04 Å². The Hall–Kier alpha value is -0.820. The van der Waals surface area contributed by atoms with E-state index < -0.39 is 0 Å². The Morgan fingerprint density at radius 1 is 1.28 bits per heavy atom. The van der Waals surface area contributed by atoms with Crippen LogP contribution in [-0.4, -0.2) is 7.05 Å². The molecular formula is C17H27N.